The summed E-state index contributed by atoms with van der Waals surface area (Å²) in [6.45, 7) is 6.47. The number of hydrogen-bond acceptors (Lipinski definition) is 3. The molecule has 1 rings (SSSR count). The Morgan fingerprint density at radius 1 is 1.33 bits per heavy atom. The van der Waals surface area contributed by atoms with E-state index >= 15 is 0 Å². The highest BCUT2D eigenvalue weighted by molar-refractivity contribution is 5.81. The van der Waals surface area contributed by atoms with Crippen molar-refractivity contribution in [3.05, 3.63) is 29.8 Å². The number of nitrogens with zero attached hydrogens (tertiary/aromatic N) is 1. The van der Waals surface area contributed by atoms with E-state index in [0.29, 0.717) is 19.6 Å². The molecule has 0 spiro atoms. The maximum Gasteiger partial charge on any atom is 0.239 e. The van der Waals surface area contributed by atoms with E-state index in [-0.39, 0.29) is 5.91 Å². The van der Waals surface area contributed by atoms with Gasteiger partial charge in [-0.1, -0.05) is 17.7 Å². The van der Waals surface area contributed by atoms with Gasteiger partial charge in [-0.05, 0) is 38.9 Å². The SMILES string of the molecule is CCNC(=O)CN(CCCN)c1ccc(C)cc1. The molecule has 0 unspecified atom stereocenters. The van der Waals surface area contributed by atoms with Crippen molar-refractivity contribution in [3.8, 4) is 0 Å². The molecule has 0 radical (unpaired) electrons. The van der Waals surface area contributed by atoms with Crippen molar-refractivity contribution in [2.75, 3.05) is 31.1 Å². The Labute approximate surface area is 109 Å². The van der Waals surface area contributed by atoms with Crippen molar-refractivity contribution in [2.24, 2.45) is 5.73 Å². The normalized spacial score (nSPS) is 10.2. The molecule has 1 aromatic rings. The van der Waals surface area contributed by atoms with Crippen LogP contribution in [0.3, 0.4) is 0 Å². The monoisotopic (exact) mass is 249 g/mol. The predicted octanol–water partition coefficient (Wildman–Crippen LogP) is 1.29. The number of carbonyl (C=O) groups excluding carboxylic acids is 1. The molecule has 0 heterocycles. The number of amides is 1. The first-order chi connectivity index (χ1) is 8.67. The number of hydrogen-bond donors (Lipinski definition) is 2. The molecule has 0 bridgehead atoms. The minimum absolute atomic E-state index is 0.0510. The Hall–Kier alpha value is -1.55. The average molecular weight is 249 g/mol. The van der Waals surface area contributed by atoms with Gasteiger partial charge in [0, 0.05) is 18.8 Å². The fraction of sp³-hybridized carbons (Fsp3) is 0.500. The zero-order valence-corrected chi connectivity index (χ0v) is 11.3. The summed E-state index contributed by atoms with van der Waals surface area (Å²) in [5.41, 5.74) is 7.83. The van der Waals surface area contributed by atoms with E-state index in [1.54, 1.807) is 0 Å². The van der Waals surface area contributed by atoms with Crippen LogP contribution in [0.5, 0.6) is 0 Å². The van der Waals surface area contributed by atoms with Crippen LogP contribution in [0.1, 0.15) is 18.9 Å². The number of benzene rings is 1. The smallest absolute Gasteiger partial charge is 0.239 e. The Bertz CT molecular complexity index is 362. The lowest BCUT2D eigenvalue weighted by Gasteiger charge is -2.24. The van der Waals surface area contributed by atoms with Crippen molar-refractivity contribution >= 4 is 11.6 Å². The molecule has 100 valence electrons. The van der Waals surface area contributed by atoms with Crippen LogP contribution in [-0.4, -0.2) is 32.1 Å². The molecule has 0 saturated heterocycles. The molecular formula is C14H23N3O. The van der Waals surface area contributed by atoms with Crippen molar-refractivity contribution < 1.29 is 4.79 Å². The molecule has 0 atom stereocenters. The first-order valence-electron chi connectivity index (χ1n) is 6.45. The quantitative estimate of drug-likeness (QED) is 0.765. The fourth-order valence-corrected chi connectivity index (χ4v) is 1.76. The third-order valence-electron chi connectivity index (χ3n) is 2.74. The Kier molecular flexibility index (Phi) is 6.22. The van der Waals surface area contributed by atoms with E-state index in [9.17, 15) is 4.79 Å². The summed E-state index contributed by atoms with van der Waals surface area (Å²) in [4.78, 5) is 13.7. The topological polar surface area (TPSA) is 58.4 Å². The van der Waals surface area contributed by atoms with Gasteiger partial charge in [0.15, 0.2) is 0 Å². The molecule has 0 aliphatic heterocycles. The lowest BCUT2D eigenvalue weighted by molar-refractivity contribution is -0.119. The van der Waals surface area contributed by atoms with Gasteiger partial charge in [-0.3, -0.25) is 4.79 Å². The molecule has 4 nitrogen and oxygen atoms in total. The van der Waals surface area contributed by atoms with Crippen molar-refractivity contribution in [2.45, 2.75) is 20.3 Å². The summed E-state index contributed by atoms with van der Waals surface area (Å²) in [5, 5.41) is 2.82. The summed E-state index contributed by atoms with van der Waals surface area (Å²) in [6, 6.07) is 8.21. The van der Waals surface area contributed by atoms with Crippen molar-refractivity contribution in [1.29, 1.82) is 0 Å². The molecule has 18 heavy (non-hydrogen) atoms. The molecular weight excluding hydrogens is 226 g/mol. The van der Waals surface area contributed by atoms with E-state index in [1.165, 1.54) is 5.56 Å². The Morgan fingerprint density at radius 3 is 2.56 bits per heavy atom. The first-order valence-corrected chi connectivity index (χ1v) is 6.45. The zero-order valence-electron chi connectivity index (χ0n) is 11.3. The number of anilines is 1. The van der Waals surface area contributed by atoms with E-state index < -0.39 is 0 Å². The number of likely N-dealkylation sites (N-methyl/N-ethyl adjacent to an activating group) is 1. The third-order valence-corrected chi connectivity index (χ3v) is 2.74. The Balaban J connectivity index is 2.70. The summed E-state index contributed by atoms with van der Waals surface area (Å²) >= 11 is 0. The van der Waals surface area contributed by atoms with E-state index in [0.717, 1.165) is 18.7 Å². The highest BCUT2D eigenvalue weighted by atomic mass is 16.2. The predicted molar refractivity (Wildman–Crippen MR) is 75.7 cm³/mol. The van der Waals surface area contributed by atoms with Crippen LogP contribution < -0.4 is 16.0 Å². The highest BCUT2D eigenvalue weighted by Gasteiger charge is 2.10. The molecule has 3 N–H and O–H groups in total. The van der Waals surface area contributed by atoms with Crippen LogP contribution in [0.25, 0.3) is 0 Å². The van der Waals surface area contributed by atoms with Gasteiger partial charge < -0.3 is 16.0 Å². The zero-order chi connectivity index (χ0) is 13.4. The summed E-state index contributed by atoms with van der Waals surface area (Å²) in [5.74, 6) is 0.0510. The number of nitrogens with two attached hydrogens (primary N) is 1. The summed E-state index contributed by atoms with van der Waals surface area (Å²) in [7, 11) is 0. The van der Waals surface area contributed by atoms with E-state index in [1.807, 2.05) is 19.1 Å². The van der Waals surface area contributed by atoms with Crippen LogP contribution in [0.15, 0.2) is 24.3 Å². The highest BCUT2D eigenvalue weighted by Crippen LogP contribution is 2.15. The maximum absolute atomic E-state index is 11.7. The first kappa shape index (κ1) is 14.5. The molecule has 1 aromatic carbocycles. The van der Waals surface area contributed by atoms with Crippen LogP contribution in [0, 0.1) is 6.92 Å². The van der Waals surface area contributed by atoms with Crippen LogP contribution in [0.4, 0.5) is 5.69 Å². The number of nitrogens with one attached hydrogen (secondary N) is 1. The van der Waals surface area contributed by atoms with Gasteiger partial charge in [0.1, 0.15) is 0 Å². The van der Waals surface area contributed by atoms with Crippen LogP contribution in [-0.2, 0) is 4.79 Å². The van der Waals surface area contributed by atoms with Gasteiger partial charge in [-0.2, -0.15) is 0 Å². The molecule has 0 aliphatic rings. The minimum atomic E-state index is 0.0510. The summed E-state index contributed by atoms with van der Waals surface area (Å²) < 4.78 is 0. The standard InChI is InChI=1S/C14H23N3O/c1-3-16-14(18)11-17(10-4-9-15)13-7-5-12(2)6-8-13/h5-8H,3-4,9-11,15H2,1-2H3,(H,16,18). The van der Waals surface area contributed by atoms with Crippen molar-refractivity contribution in [3.63, 3.8) is 0 Å². The second-order valence-corrected chi connectivity index (χ2v) is 4.35. The summed E-state index contributed by atoms with van der Waals surface area (Å²) in [6.07, 6.45) is 0.882. The molecule has 0 aromatic heterocycles. The minimum Gasteiger partial charge on any atom is -0.362 e. The fourth-order valence-electron chi connectivity index (χ4n) is 1.76. The van der Waals surface area contributed by atoms with Gasteiger partial charge in [-0.15, -0.1) is 0 Å². The van der Waals surface area contributed by atoms with Crippen LogP contribution in [0.2, 0.25) is 0 Å². The largest absolute Gasteiger partial charge is 0.362 e. The van der Waals surface area contributed by atoms with E-state index in [2.05, 4.69) is 29.3 Å². The second-order valence-electron chi connectivity index (χ2n) is 4.35. The molecule has 0 fully saturated rings. The third kappa shape index (κ3) is 4.75. The van der Waals surface area contributed by atoms with Gasteiger partial charge in [0.25, 0.3) is 0 Å². The average Bonchev–Trinajstić information content (AvgIpc) is 2.36. The van der Waals surface area contributed by atoms with Gasteiger partial charge in [-0.25, -0.2) is 0 Å². The second kappa shape index (κ2) is 7.71. The molecule has 1 amide bonds. The number of rotatable bonds is 7. The lowest BCUT2D eigenvalue weighted by atomic mass is 10.2. The molecule has 4 heteroatoms. The lowest BCUT2D eigenvalue weighted by Crippen LogP contribution is -2.38. The van der Waals surface area contributed by atoms with Gasteiger partial charge >= 0.3 is 0 Å². The van der Waals surface area contributed by atoms with Crippen LogP contribution >= 0.6 is 0 Å². The van der Waals surface area contributed by atoms with Gasteiger partial charge in [0.2, 0.25) is 5.91 Å². The number of carbonyl (C=O) groups is 1. The number of aryl methyl sites for hydroxylation is 1. The molecule has 0 aliphatic carbocycles. The maximum atomic E-state index is 11.7. The van der Waals surface area contributed by atoms with E-state index in [4.69, 9.17) is 5.73 Å². The molecule has 0 saturated carbocycles. The Morgan fingerprint density at radius 2 is 2.00 bits per heavy atom. The van der Waals surface area contributed by atoms with Gasteiger partial charge in [0.05, 0.1) is 6.54 Å². The van der Waals surface area contributed by atoms with Crippen molar-refractivity contribution in [1.82, 2.24) is 5.32 Å².